The lowest BCUT2D eigenvalue weighted by Crippen LogP contribution is -2.04. The fourth-order valence-electron chi connectivity index (χ4n) is 1.45. The van der Waals surface area contributed by atoms with Gasteiger partial charge in [0.2, 0.25) is 5.82 Å². The Balaban J connectivity index is 2.08. The molecule has 108 valence electrons. The molecule has 0 bridgehead atoms. The van der Waals surface area contributed by atoms with Crippen molar-refractivity contribution in [2.24, 2.45) is 0 Å². The summed E-state index contributed by atoms with van der Waals surface area (Å²) in [5.41, 5.74) is 1.28. The van der Waals surface area contributed by atoms with Crippen molar-refractivity contribution in [3.63, 3.8) is 0 Å². The molecule has 1 heterocycles. The van der Waals surface area contributed by atoms with Gasteiger partial charge in [-0.25, -0.2) is 0 Å². The Hall–Kier alpha value is -1.93. The molecule has 0 amide bonds. The number of hydrogen-bond donors (Lipinski definition) is 0. The van der Waals surface area contributed by atoms with E-state index in [-0.39, 0.29) is 12.6 Å². The Kier molecular flexibility index (Phi) is 4.35. The first-order chi connectivity index (χ1) is 9.50. The number of alkyl halides is 3. The van der Waals surface area contributed by atoms with Crippen LogP contribution in [0.1, 0.15) is 11.5 Å². The molecule has 20 heavy (non-hydrogen) atoms. The molecule has 5 nitrogen and oxygen atoms in total. The summed E-state index contributed by atoms with van der Waals surface area (Å²) < 4.78 is 51.0. The Morgan fingerprint density at radius 1 is 1.20 bits per heavy atom. The van der Waals surface area contributed by atoms with Gasteiger partial charge in [0.1, 0.15) is 6.79 Å². The van der Waals surface area contributed by atoms with Gasteiger partial charge in [-0.2, -0.15) is 18.2 Å². The summed E-state index contributed by atoms with van der Waals surface area (Å²) >= 11 is 0. The lowest BCUT2D eigenvalue weighted by atomic mass is 10.1. The van der Waals surface area contributed by atoms with Crippen LogP contribution in [0.5, 0.6) is 0 Å². The summed E-state index contributed by atoms with van der Waals surface area (Å²) in [6.07, 6.45) is -4.64. The molecular weight excluding hydrogens is 277 g/mol. The van der Waals surface area contributed by atoms with Gasteiger partial charge in [-0.3, -0.25) is 0 Å². The fourth-order valence-corrected chi connectivity index (χ4v) is 1.45. The molecule has 2 aromatic rings. The number of ether oxygens (including phenoxy) is 2. The zero-order valence-corrected chi connectivity index (χ0v) is 10.5. The van der Waals surface area contributed by atoms with E-state index < -0.39 is 12.1 Å². The molecule has 0 atom stereocenters. The number of methoxy groups -OCH3 is 1. The highest BCUT2D eigenvalue weighted by Gasteiger charge is 2.38. The van der Waals surface area contributed by atoms with Crippen molar-refractivity contribution in [2.75, 3.05) is 13.9 Å². The first-order valence-corrected chi connectivity index (χ1v) is 5.57. The molecule has 8 heteroatoms. The number of aromatic nitrogens is 2. The third kappa shape index (κ3) is 3.55. The normalized spacial score (nSPS) is 11.8. The third-order valence-electron chi connectivity index (χ3n) is 2.35. The third-order valence-corrected chi connectivity index (χ3v) is 2.35. The summed E-state index contributed by atoms with van der Waals surface area (Å²) in [6, 6.07) is 6.59. The maximum absolute atomic E-state index is 12.3. The average Bonchev–Trinajstić information content (AvgIpc) is 2.89. The Morgan fingerprint density at radius 3 is 2.45 bits per heavy atom. The van der Waals surface area contributed by atoms with Crippen molar-refractivity contribution < 1.29 is 27.2 Å². The summed E-state index contributed by atoms with van der Waals surface area (Å²) in [5, 5.41) is 3.30. The molecule has 0 saturated carbocycles. The van der Waals surface area contributed by atoms with E-state index in [1.807, 2.05) is 0 Å². The van der Waals surface area contributed by atoms with E-state index in [2.05, 4.69) is 14.7 Å². The van der Waals surface area contributed by atoms with Crippen molar-refractivity contribution in [3.8, 4) is 11.4 Å². The molecule has 2 rings (SSSR count). The monoisotopic (exact) mass is 288 g/mol. The predicted molar refractivity (Wildman–Crippen MR) is 61.4 cm³/mol. The van der Waals surface area contributed by atoms with Crippen molar-refractivity contribution >= 4 is 0 Å². The summed E-state index contributed by atoms with van der Waals surface area (Å²) in [6.45, 7) is 0.510. The minimum absolute atomic E-state index is 0.110. The van der Waals surface area contributed by atoms with E-state index in [4.69, 9.17) is 9.47 Å². The van der Waals surface area contributed by atoms with Gasteiger partial charge in [0.05, 0.1) is 6.61 Å². The highest BCUT2D eigenvalue weighted by molar-refractivity contribution is 5.54. The van der Waals surface area contributed by atoms with Crippen LogP contribution < -0.4 is 0 Å². The number of halogens is 3. The van der Waals surface area contributed by atoms with Gasteiger partial charge < -0.3 is 14.0 Å². The molecular formula is C12H11F3N2O3. The van der Waals surface area contributed by atoms with Gasteiger partial charge in [0.25, 0.3) is 0 Å². The van der Waals surface area contributed by atoms with Crippen LogP contribution in [0.25, 0.3) is 11.4 Å². The highest BCUT2D eigenvalue weighted by Crippen LogP contribution is 2.29. The van der Waals surface area contributed by atoms with Crippen LogP contribution in [0.15, 0.2) is 28.8 Å². The van der Waals surface area contributed by atoms with Gasteiger partial charge in [0, 0.05) is 12.7 Å². The largest absolute Gasteiger partial charge is 0.471 e. The number of benzene rings is 1. The van der Waals surface area contributed by atoms with Crippen LogP contribution in [-0.2, 0) is 22.3 Å². The van der Waals surface area contributed by atoms with Crippen LogP contribution >= 0.6 is 0 Å². The zero-order chi connectivity index (χ0) is 14.6. The molecule has 1 aromatic carbocycles. The molecule has 1 aromatic heterocycles. The maximum Gasteiger partial charge on any atom is 0.471 e. The maximum atomic E-state index is 12.3. The van der Waals surface area contributed by atoms with Crippen LogP contribution in [0.2, 0.25) is 0 Å². The summed E-state index contributed by atoms with van der Waals surface area (Å²) in [5.74, 6) is -1.47. The molecule has 0 aliphatic heterocycles. The zero-order valence-electron chi connectivity index (χ0n) is 10.5. The molecule has 0 unspecified atom stereocenters. The molecule has 0 spiro atoms. The topological polar surface area (TPSA) is 57.4 Å². The van der Waals surface area contributed by atoms with E-state index in [1.54, 1.807) is 24.3 Å². The van der Waals surface area contributed by atoms with E-state index in [9.17, 15) is 13.2 Å². The first kappa shape index (κ1) is 14.5. The van der Waals surface area contributed by atoms with Crippen molar-refractivity contribution in [2.45, 2.75) is 12.8 Å². The van der Waals surface area contributed by atoms with Gasteiger partial charge in [0.15, 0.2) is 0 Å². The van der Waals surface area contributed by atoms with Gasteiger partial charge in [-0.1, -0.05) is 29.4 Å². The fraction of sp³-hybridized carbons (Fsp3) is 0.333. The Labute approximate surface area is 112 Å². The summed E-state index contributed by atoms with van der Waals surface area (Å²) in [4.78, 5) is 3.30. The van der Waals surface area contributed by atoms with Crippen LogP contribution in [0, 0.1) is 0 Å². The van der Waals surface area contributed by atoms with E-state index in [0.717, 1.165) is 5.56 Å². The minimum Gasteiger partial charge on any atom is -0.359 e. The number of hydrogen-bond acceptors (Lipinski definition) is 5. The van der Waals surface area contributed by atoms with Crippen LogP contribution in [0.3, 0.4) is 0 Å². The Morgan fingerprint density at radius 2 is 1.90 bits per heavy atom. The Bertz CT molecular complexity index is 552. The molecule has 0 N–H and O–H groups in total. The molecule has 0 aliphatic carbocycles. The van der Waals surface area contributed by atoms with Crippen molar-refractivity contribution in [1.82, 2.24) is 10.1 Å². The quantitative estimate of drug-likeness (QED) is 0.625. The van der Waals surface area contributed by atoms with E-state index in [1.165, 1.54) is 7.11 Å². The van der Waals surface area contributed by atoms with Gasteiger partial charge in [-0.15, -0.1) is 0 Å². The number of rotatable bonds is 5. The predicted octanol–water partition coefficient (Wildman–Crippen LogP) is 2.88. The van der Waals surface area contributed by atoms with Crippen LogP contribution in [0.4, 0.5) is 13.2 Å². The van der Waals surface area contributed by atoms with Crippen molar-refractivity contribution in [1.29, 1.82) is 0 Å². The average molecular weight is 288 g/mol. The SMILES string of the molecule is COCOCc1ccc(-c2noc(C(F)(F)F)n2)cc1. The first-order valence-electron chi connectivity index (χ1n) is 5.57. The number of nitrogens with zero attached hydrogens (tertiary/aromatic N) is 2. The van der Waals surface area contributed by atoms with E-state index >= 15 is 0 Å². The lowest BCUT2D eigenvalue weighted by molar-refractivity contribution is -0.159. The van der Waals surface area contributed by atoms with Gasteiger partial charge in [-0.05, 0) is 5.56 Å². The second kappa shape index (κ2) is 6.02. The molecule has 0 aliphatic rings. The van der Waals surface area contributed by atoms with Crippen molar-refractivity contribution in [3.05, 3.63) is 35.7 Å². The van der Waals surface area contributed by atoms with E-state index in [0.29, 0.717) is 12.2 Å². The smallest absolute Gasteiger partial charge is 0.359 e. The molecule has 0 saturated heterocycles. The second-order valence-corrected chi connectivity index (χ2v) is 3.87. The standard InChI is InChI=1S/C12H11F3N2O3/c1-18-7-19-6-8-2-4-9(5-3-8)10-16-11(20-17-10)12(13,14)15/h2-5H,6-7H2,1H3. The molecule has 0 radical (unpaired) electrons. The van der Waals surface area contributed by atoms with Crippen LogP contribution in [-0.4, -0.2) is 24.0 Å². The van der Waals surface area contributed by atoms with Gasteiger partial charge >= 0.3 is 12.1 Å². The minimum atomic E-state index is -4.64. The highest BCUT2D eigenvalue weighted by atomic mass is 19.4. The summed E-state index contributed by atoms with van der Waals surface area (Å²) in [7, 11) is 1.51. The lowest BCUT2D eigenvalue weighted by Gasteiger charge is -2.03. The molecule has 0 fully saturated rings. The second-order valence-electron chi connectivity index (χ2n) is 3.87.